The van der Waals surface area contributed by atoms with E-state index >= 15 is 0 Å². The zero-order chi connectivity index (χ0) is 20.5. The second-order valence-corrected chi connectivity index (χ2v) is 7.11. The van der Waals surface area contributed by atoms with Gasteiger partial charge in [0.15, 0.2) is 11.5 Å². The van der Waals surface area contributed by atoms with Gasteiger partial charge in [-0.1, -0.05) is 44.2 Å². The molecular weight excluding hydrogens is 366 g/mol. The van der Waals surface area contributed by atoms with E-state index in [1.165, 1.54) is 5.56 Å². The van der Waals surface area contributed by atoms with Crippen molar-refractivity contribution < 1.29 is 14.3 Å². The molecule has 0 saturated heterocycles. The van der Waals surface area contributed by atoms with E-state index in [0.717, 1.165) is 31.7 Å². The average molecular weight is 398 g/mol. The van der Waals surface area contributed by atoms with Crippen LogP contribution < -0.4 is 20.1 Å². The lowest BCUT2D eigenvalue weighted by atomic mass is 10.0. The summed E-state index contributed by atoms with van der Waals surface area (Å²) in [5.41, 5.74) is 1.96. The summed E-state index contributed by atoms with van der Waals surface area (Å²) in [6.45, 7) is 8.03. The zero-order valence-electron chi connectivity index (χ0n) is 17.3. The first-order chi connectivity index (χ1) is 14.2. The Balaban J connectivity index is 1.58. The number of fused-ring (bicyclic) bond motifs is 1. The highest BCUT2D eigenvalue weighted by molar-refractivity contribution is 5.89. The van der Waals surface area contributed by atoms with Crippen LogP contribution in [0.25, 0.3) is 0 Å². The van der Waals surface area contributed by atoms with Crippen molar-refractivity contribution in [3.8, 4) is 11.5 Å². The third-order valence-electron chi connectivity index (χ3n) is 5.15. The van der Waals surface area contributed by atoms with Crippen LogP contribution in [-0.2, 0) is 6.42 Å². The van der Waals surface area contributed by atoms with Crippen LogP contribution in [0.3, 0.4) is 0 Å². The Labute approximate surface area is 173 Å². The standard InChI is InChI=1S/C23H31N3O3/c1-3-26(4-2)20(15-18-9-6-5-7-10-18)17-24-23(27)25-19-11-12-21-22(16-19)29-14-8-13-28-21/h5-7,9-12,16,20H,3-4,8,13-15,17H2,1-2H3,(H2,24,25,27). The minimum atomic E-state index is -0.218. The van der Waals surface area contributed by atoms with Crippen LogP contribution in [0.4, 0.5) is 10.5 Å². The molecule has 6 heteroatoms. The summed E-state index contributed by atoms with van der Waals surface area (Å²) >= 11 is 0. The van der Waals surface area contributed by atoms with E-state index in [0.29, 0.717) is 31.2 Å². The maximum Gasteiger partial charge on any atom is 0.319 e. The first kappa shape index (κ1) is 21.0. The monoisotopic (exact) mass is 397 g/mol. The molecule has 0 radical (unpaired) electrons. The molecule has 1 aliphatic rings. The Hall–Kier alpha value is -2.73. The van der Waals surface area contributed by atoms with Crippen molar-refractivity contribution in [3.05, 3.63) is 54.1 Å². The summed E-state index contributed by atoms with van der Waals surface area (Å²) in [5, 5.41) is 5.93. The van der Waals surface area contributed by atoms with Gasteiger partial charge in [-0.2, -0.15) is 0 Å². The number of carbonyl (C=O) groups excluding carboxylic acids is 1. The largest absolute Gasteiger partial charge is 0.490 e. The molecule has 156 valence electrons. The summed E-state index contributed by atoms with van der Waals surface area (Å²) in [7, 11) is 0. The fourth-order valence-corrected chi connectivity index (χ4v) is 3.58. The minimum Gasteiger partial charge on any atom is -0.490 e. The number of amides is 2. The fourth-order valence-electron chi connectivity index (χ4n) is 3.58. The summed E-state index contributed by atoms with van der Waals surface area (Å²) in [5.74, 6) is 1.39. The molecule has 29 heavy (non-hydrogen) atoms. The van der Waals surface area contributed by atoms with Gasteiger partial charge in [-0.3, -0.25) is 4.90 Å². The van der Waals surface area contributed by atoms with Crippen molar-refractivity contribution in [1.82, 2.24) is 10.2 Å². The highest BCUT2D eigenvalue weighted by Crippen LogP contribution is 2.32. The first-order valence-corrected chi connectivity index (χ1v) is 10.4. The summed E-state index contributed by atoms with van der Waals surface area (Å²) in [4.78, 5) is 14.9. The second kappa shape index (κ2) is 10.7. The fraction of sp³-hybridized carbons (Fsp3) is 0.435. The molecule has 1 heterocycles. The van der Waals surface area contributed by atoms with E-state index in [1.54, 1.807) is 0 Å². The molecule has 1 unspecified atom stereocenters. The lowest BCUT2D eigenvalue weighted by Gasteiger charge is -2.30. The van der Waals surface area contributed by atoms with Crippen LogP contribution in [0.15, 0.2) is 48.5 Å². The van der Waals surface area contributed by atoms with Gasteiger partial charge in [-0.15, -0.1) is 0 Å². The van der Waals surface area contributed by atoms with Gasteiger partial charge in [0, 0.05) is 30.8 Å². The highest BCUT2D eigenvalue weighted by Gasteiger charge is 2.18. The molecule has 2 aromatic rings. The molecule has 0 fully saturated rings. The highest BCUT2D eigenvalue weighted by atomic mass is 16.5. The first-order valence-electron chi connectivity index (χ1n) is 10.4. The zero-order valence-corrected chi connectivity index (χ0v) is 17.3. The topological polar surface area (TPSA) is 62.8 Å². The molecule has 2 N–H and O–H groups in total. The smallest absolute Gasteiger partial charge is 0.319 e. The van der Waals surface area contributed by atoms with Gasteiger partial charge < -0.3 is 20.1 Å². The Morgan fingerprint density at radius 1 is 1.03 bits per heavy atom. The van der Waals surface area contributed by atoms with Crippen molar-refractivity contribution in [2.45, 2.75) is 32.7 Å². The van der Waals surface area contributed by atoms with E-state index in [9.17, 15) is 4.79 Å². The number of benzene rings is 2. The van der Waals surface area contributed by atoms with Crippen LogP contribution in [0, 0.1) is 0 Å². The molecule has 0 bridgehead atoms. The molecule has 6 nitrogen and oxygen atoms in total. The van der Waals surface area contributed by atoms with Gasteiger partial charge in [0.1, 0.15) is 0 Å². The summed E-state index contributed by atoms with van der Waals surface area (Å²) in [6, 6.07) is 15.9. The number of carbonyl (C=O) groups is 1. The molecule has 0 spiro atoms. The molecule has 1 atom stereocenters. The van der Waals surface area contributed by atoms with Crippen molar-refractivity contribution in [3.63, 3.8) is 0 Å². The van der Waals surface area contributed by atoms with Gasteiger partial charge in [-0.05, 0) is 37.2 Å². The van der Waals surface area contributed by atoms with Crippen LogP contribution in [0.2, 0.25) is 0 Å². The summed E-state index contributed by atoms with van der Waals surface area (Å²) in [6.07, 6.45) is 1.75. The maximum absolute atomic E-state index is 12.5. The van der Waals surface area contributed by atoms with E-state index in [1.807, 2.05) is 24.3 Å². The lowest BCUT2D eigenvalue weighted by Crippen LogP contribution is -2.46. The van der Waals surface area contributed by atoms with Crippen LogP contribution in [0.1, 0.15) is 25.8 Å². The Morgan fingerprint density at radius 3 is 2.48 bits per heavy atom. The third kappa shape index (κ3) is 6.12. The number of hydrogen-bond acceptors (Lipinski definition) is 4. The van der Waals surface area contributed by atoms with E-state index < -0.39 is 0 Å². The van der Waals surface area contributed by atoms with E-state index in [4.69, 9.17) is 9.47 Å². The lowest BCUT2D eigenvalue weighted by molar-refractivity contribution is 0.207. The number of likely N-dealkylation sites (N-methyl/N-ethyl adjacent to an activating group) is 1. The predicted molar refractivity (Wildman–Crippen MR) is 116 cm³/mol. The number of hydrogen-bond donors (Lipinski definition) is 2. The maximum atomic E-state index is 12.5. The van der Waals surface area contributed by atoms with Crippen molar-refractivity contribution in [1.29, 1.82) is 0 Å². The molecule has 2 aromatic carbocycles. The van der Waals surface area contributed by atoms with Gasteiger partial charge in [0.2, 0.25) is 0 Å². The SMILES string of the molecule is CCN(CC)C(CNC(=O)Nc1ccc2c(c1)OCCCO2)Cc1ccccc1. The van der Waals surface area contributed by atoms with Crippen molar-refractivity contribution in [2.24, 2.45) is 0 Å². The van der Waals surface area contributed by atoms with Gasteiger partial charge >= 0.3 is 6.03 Å². The van der Waals surface area contributed by atoms with E-state index in [2.05, 4.69) is 53.6 Å². The van der Waals surface area contributed by atoms with Gasteiger partial charge in [0.25, 0.3) is 0 Å². The Bertz CT molecular complexity index is 778. The van der Waals surface area contributed by atoms with Crippen LogP contribution in [-0.4, -0.2) is 49.8 Å². The van der Waals surface area contributed by atoms with Crippen molar-refractivity contribution in [2.75, 3.05) is 38.2 Å². The quantitative estimate of drug-likeness (QED) is 0.709. The normalized spacial score (nSPS) is 14.2. The molecule has 3 rings (SSSR count). The molecule has 0 aliphatic carbocycles. The number of anilines is 1. The predicted octanol–water partition coefficient (Wildman–Crippen LogP) is 3.92. The number of urea groups is 1. The van der Waals surface area contributed by atoms with Gasteiger partial charge in [-0.25, -0.2) is 4.79 Å². The number of ether oxygens (including phenoxy) is 2. The molecular formula is C23H31N3O3. The average Bonchev–Trinajstić information content (AvgIpc) is 2.98. The third-order valence-corrected chi connectivity index (χ3v) is 5.15. The molecule has 2 amide bonds. The van der Waals surface area contributed by atoms with Gasteiger partial charge in [0.05, 0.1) is 13.2 Å². The van der Waals surface area contributed by atoms with Crippen molar-refractivity contribution >= 4 is 11.7 Å². The summed E-state index contributed by atoms with van der Waals surface area (Å²) < 4.78 is 11.3. The Morgan fingerprint density at radius 2 is 1.76 bits per heavy atom. The molecule has 0 saturated carbocycles. The molecule has 0 aromatic heterocycles. The second-order valence-electron chi connectivity index (χ2n) is 7.11. The molecule has 1 aliphatic heterocycles. The van der Waals surface area contributed by atoms with Crippen LogP contribution >= 0.6 is 0 Å². The number of nitrogens with one attached hydrogen (secondary N) is 2. The minimum absolute atomic E-state index is 0.218. The Kier molecular flexibility index (Phi) is 7.76. The van der Waals surface area contributed by atoms with Crippen LogP contribution in [0.5, 0.6) is 11.5 Å². The number of rotatable bonds is 8. The van der Waals surface area contributed by atoms with E-state index in [-0.39, 0.29) is 12.1 Å². The number of nitrogens with zero attached hydrogens (tertiary/aromatic N) is 1.